The Morgan fingerprint density at radius 3 is 2.17 bits per heavy atom. The van der Waals surface area contributed by atoms with E-state index in [0.717, 1.165) is 23.4 Å². The van der Waals surface area contributed by atoms with Crippen molar-refractivity contribution >= 4 is 21.4 Å². The molecule has 4 nitrogen and oxygen atoms in total. The highest BCUT2D eigenvalue weighted by Gasteiger charge is 2.17. The van der Waals surface area contributed by atoms with Crippen molar-refractivity contribution in [3.05, 3.63) is 53.6 Å². The van der Waals surface area contributed by atoms with Crippen LogP contribution in [-0.2, 0) is 10.0 Å². The highest BCUT2D eigenvalue weighted by atomic mass is 32.2. The Labute approximate surface area is 139 Å². The molecule has 0 radical (unpaired) electrons. The number of nitrogens with one attached hydrogen (secondary N) is 2. The summed E-state index contributed by atoms with van der Waals surface area (Å²) in [6.45, 7) is 8.84. The van der Waals surface area contributed by atoms with Crippen molar-refractivity contribution in [3.8, 4) is 0 Å². The average Bonchev–Trinajstić information content (AvgIpc) is 2.48. The zero-order valence-electron chi connectivity index (χ0n) is 14.1. The van der Waals surface area contributed by atoms with Crippen molar-refractivity contribution in [2.45, 2.75) is 32.6 Å². The highest BCUT2D eigenvalue weighted by Crippen LogP contribution is 2.21. The third-order valence-corrected chi connectivity index (χ3v) is 5.01. The monoisotopic (exact) mass is 332 g/mol. The normalized spacial score (nSPS) is 11.5. The summed E-state index contributed by atoms with van der Waals surface area (Å²) in [6.07, 6.45) is 0. The fraction of sp³-hybridized carbons (Fsp3) is 0.333. The van der Waals surface area contributed by atoms with E-state index < -0.39 is 10.0 Å². The summed E-state index contributed by atoms with van der Waals surface area (Å²) in [7, 11) is -3.58. The second-order valence-electron chi connectivity index (χ2n) is 6.23. The standard InChI is InChI=1S/C18H24N2O2S/c1-13(2)12-19-16-7-9-17(10-8-16)20-23(21,22)18-11-14(3)5-6-15(18)4/h5-11,13,19-20H,12H2,1-4H3. The molecule has 0 aliphatic rings. The van der Waals surface area contributed by atoms with Crippen LogP contribution in [0.15, 0.2) is 47.4 Å². The maximum Gasteiger partial charge on any atom is 0.262 e. The van der Waals surface area contributed by atoms with Crippen LogP contribution in [0.3, 0.4) is 0 Å². The summed E-state index contributed by atoms with van der Waals surface area (Å²) in [5.41, 5.74) is 3.19. The van der Waals surface area contributed by atoms with Crippen LogP contribution in [0, 0.1) is 19.8 Å². The molecule has 0 aromatic heterocycles. The third-order valence-electron chi connectivity index (χ3n) is 3.48. The quantitative estimate of drug-likeness (QED) is 0.834. The number of anilines is 2. The number of sulfonamides is 1. The second-order valence-corrected chi connectivity index (χ2v) is 7.88. The van der Waals surface area contributed by atoms with Gasteiger partial charge in [-0.1, -0.05) is 26.0 Å². The molecule has 2 N–H and O–H groups in total. The summed E-state index contributed by atoms with van der Waals surface area (Å²) >= 11 is 0. The molecule has 0 unspecified atom stereocenters. The van der Waals surface area contributed by atoms with Crippen molar-refractivity contribution in [2.75, 3.05) is 16.6 Å². The van der Waals surface area contributed by atoms with Crippen molar-refractivity contribution in [2.24, 2.45) is 5.92 Å². The van der Waals surface area contributed by atoms with Gasteiger partial charge in [0.15, 0.2) is 0 Å². The van der Waals surface area contributed by atoms with Crippen LogP contribution in [0.5, 0.6) is 0 Å². The first kappa shape index (κ1) is 17.3. The summed E-state index contributed by atoms with van der Waals surface area (Å²) in [6, 6.07) is 12.7. The Morgan fingerprint density at radius 2 is 1.57 bits per heavy atom. The zero-order chi connectivity index (χ0) is 17.0. The van der Waals surface area contributed by atoms with Gasteiger partial charge in [0.25, 0.3) is 10.0 Å². The van der Waals surface area contributed by atoms with Gasteiger partial charge in [-0.15, -0.1) is 0 Å². The van der Waals surface area contributed by atoms with Gasteiger partial charge >= 0.3 is 0 Å². The summed E-state index contributed by atoms with van der Waals surface area (Å²) in [4.78, 5) is 0.319. The van der Waals surface area contributed by atoms with Gasteiger partial charge in [-0.25, -0.2) is 8.42 Å². The minimum atomic E-state index is -3.58. The molecule has 2 aromatic rings. The van der Waals surface area contributed by atoms with Gasteiger partial charge in [-0.05, 0) is 61.2 Å². The number of hydrogen-bond donors (Lipinski definition) is 2. The smallest absolute Gasteiger partial charge is 0.262 e. The molecule has 124 valence electrons. The van der Waals surface area contributed by atoms with Crippen LogP contribution in [-0.4, -0.2) is 15.0 Å². The summed E-state index contributed by atoms with van der Waals surface area (Å²) in [5.74, 6) is 0.553. The molecule has 0 atom stereocenters. The minimum Gasteiger partial charge on any atom is -0.385 e. The molecule has 0 spiro atoms. The lowest BCUT2D eigenvalue weighted by atomic mass is 10.2. The van der Waals surface area contributed by atoms with E-state index in [2.05, 4.69) is 23.9 Å². The highest BCUT2D eigenvalue weighted by molar-refractivity contribution is 7.92. The largest absolute Gasteiger partial charge is 0.385 e. The molecule has 0 saturated carbocycles. The number of rotatable bonds is 6. The van der Waals surface area contributed by atoms with Gasteiger partial charge in [0.1, 0.15) is 0 Å². The molecule has 0 fully saturated rings. The van der Waals surface area contributed by atoms with E-state index in [1.54, 1.807) is 25.1 Å². The van der Waals surface area contributed by atoms with E-state index in [9.17, 15) is 8.42 Å². The Hall–Kier alpha value is -2.01. The number of aryl methyl sites for hydroxylation is 2. The molecular formula is C18H24N2O2S. The van der Waals surface area contributed by atoms with Crippen LogP contribution in [0.4, 0.5) is 11.4 Å². The zero-order valence-corrected chi connectivity index (χ0v) is 14.9. The Kier molecular flexibility index (Phi) is 5.31. The SMILES string of the molecule is Cc1ccc(C)c(S(=O)(=O)Nc2ccc(NCC(C)C)cc2)c1. The van der Waals surface area contributed by atoms with Gasteiger partial charge in [-0.2, -0.15) is 0 Å². The Bertz CT molecular complexity index is 766. The molecule has 0 heterocycles. The Balaban J connectivity index is 2.16. The van der Waals surface area contributed by atoms with Crippen molar-refractivity contribution < 1.29 is 8.42 Å². The van der Waals surface area contributed by atoms with Crippen molar-refractivity contribution in [1.29, 1.82) is 0 Å². The van der Waals surface area contributed by atoms with Crippen LogP contribution < -0.4 is 10.0 Å². The maximum absolute atomic E-state index is 12.5. The summed E-state index contributed by atoms with van der Waals surface area (Å²) < 4.78 is 27.7. The Morgan fingerprint density at radius 1 is 0.957 bits per heavy atom. The fourth-order valence-electron chi connectivity index (χ4n) is 2.19. The predicted octanol–water partition coefficient (Wildman–Crippen LogP) is 4.17. The first-order chi connectivity index (χ1) is 10.8. The van der Waals surface area contributed by atoms with E-state index >= 15 is 0 Å². The lowest BCUT2D eigenvalue weighted by Gasteiger charge is -2.12. The molecule has 2 aromatic carbocycles. The van der Waals surface area contributed by atoms with E-state index in [1.165, 1.54) is 0 Å². The molecule has 5 heteroatoms. The molecule has 0 amide bonds. The molecule has 0 aliphatic heterocycles. The number of hydrogen-bond acceptors (Lipinski definition) is 3. The topological polar surface area (TPSA) is 58.2 Å². The van der Waals surface area contributed by atoms with Gasteiger partial charge in [0, 0.05) is 17.9 Å². The van der Waals surface area contributed by atoms with Crippen LogP contribution in [0.1, 0.15) is 25.0 Å². The van der Waals surface area contributed by atoms with Crippen LogP contribution >= 0.6 is 0 Å². The average molecular weight is 332 g/mol. The van der Waals surface area contributed by atoms with Gasteiger partial charge < -0.3 is 5.32 Å². The molecule has 0 bridgehead atoms. The molecular weight excluding hydrogens is 308 g/mol. The lowest BCUT2D eigenvalue weighted by Crippen LogP contribution is -2.14. The molecule has 0 saturated heterocycles. The third kappa shape index (κ3) is 4.73. The van der Waals surface area contributed by atoms with Gasteiger partial charge in [0.2, 0.25) is 0 Å². The second kappa shape index (κ2) is 7.04. The van der Waals surface area contributed by atoms with Crippen LogP contribution in [0.25, 0.3) is 0 Å². The van der Waals surface area contributed by atoms with Crippen molar-refractivity contribution in [3.63, 3.8) is 0 Å². The van der Waals surface area contributed by atoms with E-state index in [-0.39, 0.29) is 0 Å². The first-order valence-corrected chi connectivity index (χ1v) is 9.20. The fourth-order valence-corrected chi connectivity index (χ4v) is 3.57. The molecule has 0 aliphatic carbocycles. The first-order valence-electron chi connectivity index (χ1n) is 7.72. The van der Waals surface area contributed by atoms with Crippen molar-refractivity contribution in [1.82, 2.24) is 0 Å². The van der Waals surface area contributed by atoms with E-state index in [1.807, 2.05) is 31.2 Å². The maximum atomic E-state index is 12.5. The van der Waals surface area contributed by atoms with Gasteiger partial charge in [0.05, 0.1) is 4.90 Å². The minimum absolute atomic E-state index is 0.319. The lowest BCUT2D eigenvalue weighted by molar-refractivity contribution is 0.600. The number of benzene rings is 2. The van der Waals surface area contributed by atoms with E-state index in [4.69, 9.17) is 0 Å². The van der Waals surface area contributed by atoms with E-state index in [0.29, 0.717) is 16.5 Å². The summed E-state index contributed by atoms with van der Waals surface area (Å²) in [5, 5.41) is 3.31. The molecule has 23 heavy (non-hydrogen) atoms. The van der Waals surface area contributed by atoms with Gasteiger partial charge in [-0.3, -0.25) is 4.72 Å². The molecule has 2 rings (SSSR count). The van der Waals surface area contributed by atoms with Crippen LogP contribution in [0.2, 0.25) is 0 Å². The predicted molar refractivity (Wildman–Crippen MR) is 96.5 cm³/mol.